The minimum Gasteiger partial charge on any atom is -0.450 e. The molecule has 21 heavy (non-hydrogen) atoms. The van der Waals surface area contributed by atoms with Crippen LogP contribution in [-0.4, -0.2) is 42.8 Å². The number of piperidine rings is 1. The van der Waals surface area contributed by atoms with Crippen molar-refractivity contribution in [2.24, 2.45) is 0 Å². The van der Waals surface area contributed by atoms with Crippen molar-refractivity contribution >= 4 is 6.09 Å². The Morgan fingerprint density at radius 2 is 2.05 bits per heavy atom. The molecule has 1 amide bonds. The molecule has 2 fully saturated rings. The summed E-state index contributed by atoms with van der Waals surface area (Å²) in [5.41, 5.74) is 1.37. The molecule has 1 aliphatic heterocycles. The standard InChI is InChI=1S/C17H24N2O2/c1-2-21-17(20)18-15-10-14(13-6-4-3-5-7-13)11-19(12-15)16-8-9-16/h3-7,14-16H,2,8-12H2,1H3,(H,18,20). The summed E-state index contributed by atoms with van der Waals surface area (Å²) in [5, 5.41) is 3.03. The lowest BCUT2D eigenvalue weighted by Gasteiger charge is -2.38. The van der Waals surface area contributed by atoms with Crippen molar-refractivity contribution in [3.8, 4) is 0 Å². The third-order valence-corrected chi connectivity index (χ3v) is 4.41. The van der Waals surface area contributed by atoms with Crippen LogP contribution in [0.2, 0.25) is 0 Å². The van der Waals surface area contributed by atoms with E-state index >= 15 is 0 Å². The van der Waals surface area contributed by atoms with E-state index in [9.17, 15) is 4.79 Å². The number of amides is 1. The summed E-state index contributed by atoms with van der Waals surface area (Å²) in [4.78, 5) is 14.2. The van der Waals surface area contributed by atoms with Gasteiger partial charge in [0.2, 0.25) is 0 Å². The smallest absolute Gasteiger partial charge is 0.407 e. The van der Waals surface area contributed by atoms with Gasteiger partial charge >= 0.3 is 6.09 Å². The van der Waals surface area contributed by atoms with Gasteiger partial charge in [0, 0.05) is 25.2 Å². The van der Waals surface area contributed by atoms with Crippen molar-refractivity contribution < 1.29 is 9.53 Å². The summed E-state index contributed by atoms with van der Waals surface area (Å²) < 4.78 is 5.03. The van der Waals surface area contributed by atoms with E-state index in [2.05, 4.69) is 40.5 Å². The highest BCUT2D eigenvalue weighted by Gasteiger charge is 2.37. The number of likely N-dealkylation sites (tertiary alicyclic amines) is 1. The lowest BCUT2D eigenvalue weighted by atomic mass is 9.88. The van der Waals surface area contributed by atoms with Gasteiger partial charge in [-0.3, -0.25) is 4.90 Å². The maximum absolute atomic E-state index is 11.7. The van der Waals surface area contributed by atoms with Crippen LogP contribution in [0.15, 0.2) is 30.3 Å². The predicted octanol–water partition coefficient (Wildman–Crippen LogP) is 2.75. The number of alkyl carbamates (subject to hydrolysis) is 1. The molecule has 1 N–H and O–H groups in total. The molecule has 2 unspecified atom stereocenters. The number of hydrogen-bond donors (Lipinski definition) is 1. The van der Waals surface area contributed by atoms with Gasteiger partial charge in [0.1, 0.15) is 0 Å². The number of carbonyl (C=O) groups is 1. The van der Waals surface area contributed by atoms with Crippen LogP contribution >= 0.6 is 0 Å². The van der Waals surface area contributed by atoms with Crippen molar-refractivity contribution in [3.05, 3.63) is 35.9 Å². The Kier molecular flexibility index (Phi) is 4.44. The van der Waals surface area contributed by atoms with Crippen LogP contribution in [-0.2, 0) is 4.74 Å². The molecule has 0 spiro atoms. The van der Waals surface area contributed by atoms with Crippen molar-refractivity contribution in [2.45, 2.75) is 44.2 Å². The Morgan fingerprint density at radius 1 is 1.29 bits per heavy atom. The second-order valence-corrected chi connectivity index (χ2v) is 6.09. The third-order valence-electron chi connectivity index (χ3n) is 4.41. The van der Waals surface area contributed by atoms with E-state index in [1.807, 2.05) is 6.92 Å². The zero-order valence-electron chi connectivity index (χ0n) is 12.6. The molecule has 3 rings (SSSR count). The number of nitrogens with zero attached hydrogens (tertiary/aromatic N) is 1. The molecule has 0 bridgehead atoms. The fourth-order valence-electron chi connectivity index (χ4n) is 3.28. The Morgan fingerprint density at radius 3 is 2.71 bits per heavy atom. The number of rotatable bonds is 4. The zero-order valence-corrected chi connectivity index (χ0v) is 12.6. The Labute approximate surface area is 126 Å². The largest absolute Gasteiger partial charge is 0.450 e. The van der Waals surface area contributed by atoms with Gasteiger partial charge < -0.3 is 10.1 Å². The van der Waals surface area contributed by atoms with E-state index in [1.165, 1.54) is 18.4 Å². The maximum Gasteiger partial charge on any atom is 0.407 e. The quantitative estimate of drug-likeness (QED) is 0.926. The fourth-order valence-corrected chi connectivity index (χ4v) is 3.28. The minimum atomic E-state index is -0.285. The second-order valence-electron chi connectivity index (χ2n) is 6.09. The van der Waals surface area contributed by atoms with Crippen LogP contribution in [0.1, 0.15) is 37.7 Å². The monoisotopic (exact) mass is 288 g/mol. The average Bonchev–Trinajstić information content (AvgIpc) is 3.33. The highest BCUT2D eigenvalue weighted by atomic mass is 16.5. The van der Waals surface area contributed by atoms with Crippen molar-refractivity contribution in [2.75, 3.05) is 19.7 Å². The lowest BCUT2D eigenvalue weighted by Crippen LogP contribution is -2.51. The molecule has 0 radical (unpaired) electrons. The normalized spacial score (nSPS) is 26.3. The number of nitrogens with one attached hydrogen (secondary N) is 1. The number of hydrogen-bond acceptors (Lipinski definition) is 3. The minimum absolute atomic E-state index is 0.184. The topological polar surface area (TPSA) is 41.6 Å². The SMILES string of the molecule is CCOC(=O)NC1CC(c2ccccc2)CN(C2CC2)C1. The summed E-state index contributed by atoms with van der Waals surface area (Å²) in [6.45, 7) is 4.32. The summed E-state index contributed by atoms with van der Waals surface area (Å²) >= 11 is 0. The van der Waals surface area contributed by atoms with E-state index in [4.69, 9.17) is 4.74 Å². The van der Waals surface area contributed by atoms with Gasteiger partial charge in [-0.05, 0) is 37.7 Å². The van der Waals surface area contributed by atoms with Gasteiger partial charge in [0.05, 0.1) is 6.61 Å². The Balaban J connectivity index is 1.68. The second kappa shape index (κ2) is 6.48. The van der Waals surface area contributed by atoms with Crippen LogP contribution in [0.5, 0.6) is 0 Å². The number of carbonyl (C=O) groups excluding carboxylic acids is 1. The predicted molar refractivity (Wildman–Crippen MR) is 82.3 cm³/mol. The fraction of sp³-hybridized carbons (Fsp3) is 0.588. The first-order valence-corrected chi connectivity index (χ1v) is 7.98. The van der Waals surface area contributed by atoms with Gasteiger partial charge in [-0.2, -0.15) is 0 Å². The number of ether oxygens (including phenoxy) is 1. The molecule has 1 aromatic carbocycles. The molecule has 114 valence electrons. The Bertz CT molecular complexity index is 473. The molecular weight excluding hydrogens is 264 g/mol. The van der Waals surface area contributed by atoms with Crippen LogP contribution in [0, 0.1) is 0 Å². The summed E-state index contributed by atoms with van der Waals surface area (Å²) in [7, 11) is 0. The highest BCUT2D eigenvalue weighted by Crippen LogP contribution is 2.34. The van der Waals surface area contributed by atoms with E-state index in [1.54, 1.807) is 0 Å². The molecule has 1 aliphatic carbocycles. The van der Waals surface area contributed by atoms with Crippen LogP contribution < -0.4 is 5.32 Å². The van der Waals surface area contributed by atoms with Crippen LogP contribution in [0.4, 0.5) is 4.79 Å². The Hall–Kier alpha value is -1.55. The first kappa shape index (κ1) is 14.4. The van der Waals surface area contributed by atoms with Gasteiger partial charge in [0.15, 0.2) is 0 Å². The van der Waals surface area contributed by atoms with Gasteiger partial charge in [-0.15, -0.1) is 0 Å². The molecular formula is C17H24N2O2. The highest BCUT2D eigenvalue weighted by molar-refractivity contribution is 5.67. The first-order chi connectivity index (χ1) is 10.3. The third kappa shape index (κ3) is 3.76. The summed E-state index contributed by atoms with van der Waals surface area (Å²) in [5.74, 6) is 0.493. The van der Waals surface area contributed by atoms with Crippen molar-refractivity contribution in [1.82, 2.24) is 10.2 Å². The maximum atomic E-state index is 11.7. The molecule has 2 atom stereocenters. The molecule has 1 heterocycles. The van der Waals surface area contributed by atoms with Gasteiger partial charge in [-0.1, -0.05) is 30.3 Å². The molecule has 4 nitrogen and oxygen atoms in total. The summed E-state index contributed by atoms with van der Waals surface area (Å²) in [6.07, 6.45) is 3.31. The molecule has 1 saturated heterocycles. The first-order valence-electron chi connectivity index (χ1n) is 7.98. The van der Waals surface area contributed by atoms with E-state index in [0.717, 1.165) is 25.6 Å². The van der Waals surface area contributed by atoms with Crippen molar-refractivity contribution in [1.29, 1.82) is 0 Å². The number of benzene rings is 1. The summed E-state index contributed by atoms with van der Waals surface area (Å²) in [6, 6.07) is 11.6. The molecule has 1 aromatic rings. The molecule has 2 aliphatic rings. The van der Waals surface area contributed by atoms with Crippen LogP contribution in [0.25, 0.3) is 0 Å². The van der Waals surface area contributed by atoms with Crippen molar-refractivity contribution in [3.63, 3.8) is 0 Å². The average molecular weight is 288 g/mol. The lowest BCUT2D eigenvalue weighted by molar-refractivity contribution is 0.126. The van der Waals surface area contributed by atoms with Gasteiger partial charge in [-0.25, -0.2) is 4.79 Å². The molecule has 0 aromatic heterocycles. The van der Waals surface area contributed by atoms with E-state index < -0.39 is 0 Å². The molecule has 1 saturated carbocycles. The van der Waals surface area contributed by atoms with E-state index in [-0.39, 0.29) is 12.1 Å². The van der Waals surface area contributed by atoms with Crippen LogP contribution in [0.3, 0.4) is 0 Å². The van der Waals surface area contributed by atoms with Gasteiger partial charge in [0.25, 0.3) is 0 Å². The zero-order chi connectivity index (χ0) is 14.7. The van der Waals surface area contributed by atoms with E-state index in [0.29, 0.717) is 12.5 Å². The molecule has 4 heteroatoms.